The first-order chi connectivity index (χ1) is 8.61. The van der Waals surface area contributed by atoms with Crippen molar-refractivity contribution >= 4 is 11.6 Å². The maximum Gasteiger partial charge on any atom is 0.253 e. The van der Waals surface area contributed by atoms with E-state index in [0.717, 1.165) is 35.8 Å². The Balaban J connectivity index is 2.07. The predicted octanol–water partition coefficient (Wildman–Crippen LogP) is 2.91. The molecular formula is C15H22N2O. The van der Waals surface area contributed by atoms with Crippen LogP contribution in [-0.2, 0) is 0 Å². The molecule has 0 unspecified atom stereocenters. The van der Waals surface area contributed by atoms with Crippen LogP contribution >= 0.6 is 0 Å². The summed E-state index contributed by atoms with van der Waals surface area (Å²) in [4.78, 5) is 14.1. The molecule has 1 N–H and O–H groups in total. The van der Waals surface area contributed by atoms with E-state index in [0.29, 0.717) is 0 Å². The first kappa shape index (κ1) is 12.9. The lowest BCUT2D eigenvalue weighted by molar-refractivity contribution is 0.0788. The quantitative estimate of drug-likeness (QED) is 0.866. The van der Waals surface area contributed by atoms with Crippen LogP contribution in [0.4, 0.5) is 5.69 Å². The van der Waals surface area contributed by atoms with Gasteiger partial charge in [0.25, 0.3) is 5.91 Å². The van der Waals surface area contributed by atoms with Crippen LogP contribution in [0.2, 0.25) is 0 Å². The van der Waals surface area contributed by atoms with Gasteiger partial charge in [-0.1, -0.05) is 0 Å². The molecule has 1 saturated carbocycles. The molecule has 3 nitrogen and oxygen atoms in total. The molecule has 98 valence electrons. The number of aryl methyl sites for hydroxylation is 1. The van der Waals surface area contributed by atoms with Crippen LogP contribution in [0.15, 0.2) is 18.2 Å². The molecule has 1 aliphatic carbocycles. The number of hydrogen-bond acceptors (Lipinski definition) is 2. The van der Waals surface area contributed by atoms with Gasteiger partial charge in [-0.15, -0.1) is 0 Å². The molecule has 0 atom stereocenters. The van der Waals surface area contributed by atoms with E-state index in [2.05, 4.69) is 12.2 Å². The van der Waals surface area contributed by atoms with Gasteiger partial charge in [0.2, 0.25) is 0 Å². The van der Waals surface area contributed by atoms with Gasteiger partial charge in [0.15, 0.2) is 0 Å². The molecule has 1 aliphatic rings. The summed E-state index contributed by atoms with van der Waals surface area (Å²) in [6.45, 7) is 5.90. The lowest BCUT2D eigenvalue weighted by atomic mass is 10.1. The van der Waals surface area contributed by atoms with Gasteiger partial charge in [-0.3, -0.25) is 4.79 Å². The Hall–Kier alpha value is -1.51. The zero-order valence-electron chi connectivity index (χ0n) is 11.5. The number of carbonyl (C=O) groups excluding carboxylic acids is 1. The van der Waals surface area contributed by atoms with Gasteiger partial charge < -0.3 is 10.2 Å². The second-order valence-electron chi connectivity index (χ2n) is 5.19. The average Bonchev–Trinajstić information content (AvgIpc) is 3.15. The standard InChI is InChI=1S/C15H22N2O/c1-4-16-14-8-7-13(9-11(14)2)15(18)17(3)10-12-5-6-12/h7-9,12,16H,4-6,10H2,1-3H3. The number of carbonyl (C=O) groups is 1. The minimum absolute atomic E-state index is 0.132. The monoisotopic (exact) mass is 246 g/mol. The van der Waals surface area contributed by atoms with Crippen LogP contribution in [0.25, 0.3) is 0 Å². The van der Waals surface area contributed by atoms with E-state index in [1.54, 1.807) is 0 Å². The van der Waals surface area contributed by atoms with Crippen LogP contribution in [0.5, 0.6) is 0 Å². The number of amides is 1. The van der Waals surface area contributed by atoms with Crippen molar-refractivity contribution in [3.63, 3.8) is 0 Å². The van der Waals surface area contributed by atoms with Crippen molar-refractivity contribution in [2.75, 3.05) is 25.5 Å². The van der Waals surface area contributed by atoms with Crippen LogP contribution in [-0.4, -0.2) is 30.9 Å². The van der Waals surface area contributed by atoms with E-state index < -0.39 is 0 Å². The Morgan fingerprint density at radius 3 is 2.72 bits per heavy atom. The minimum atomic E-state index is 0.132. The highest BCUT2D eigenvalue weighted by Crippen LogP contribution is 2.29. The molecule has 3 heteroatoms. The Kier molecular flexibility index (Phi) is 3.90. The summed E-state index contributed by atoms with van der Waals surface area (Å²) in [5, 5.41) is 3.29. The van der Waals surface area contributed by atoms with Crippen LogP contribution in [0.1, 0.15) is 35.7 Å². The molecule has 0 aromatic heterocycles. The van der Waals surface area contributed by atoms with E-state index in [1.165, 1.54) is 12.8 Å². The number of hydrogen-bond donors (Lipinski definition) is 1. The molecule has 0 heterocycles. The van der Waals surface area contributed by atoms with Gasteiger partial charge in [0.05, 0.1) is 0 Å². The lowest BCUT2D eigenvalue weighted by Crippen LogP contribution is -2.28. The average molecular weight is 246 g/mol. The number of nitrogens with zero attached hydrogens (tertiary/aromatic N) is 1. The van der Waals surface area contributed by atoms with Crippen molar-refractivity contribution in [1.82, 2.24) is 4.90 Å². The third-order valence-electron chi connectivity index (χ3n) is 3.42. The largest absolute Gasteiger partial charge is 0.385 e. The molecule has 1 aromatic carbocycles. The fourth-order valence-electron chi connectivity index (χ4n) is 2.18. The van der Waals surface area contributed by atoms with E-state index in [-0.39, 0.29) is 5.91 Å². The molecule has 2 rings (SSSR count). The number of nitrogens with one attached hydrogen (secondary N) is 1. The van der Waals surface area contributed by atoms with E-state index in [4.69, 9.17) is 0 Å². The maximum absolute atomic E-state index is 12.2. The molecule has 0 aliphatic heterocycles. The SMILES string of the molecule is CCNc1ccc(C(=O)N(C)CC2CC2)cc1C. The summed E-state index contributed by atoms with van der Waals surface area (Å²) in [7, 11) is 1.90. The normalized spacial score (nSPS) is 14.4. The first-order valence-corrected chi connectivity index (χ1v) is 6.71. The van der Waals surface area contributed by atoms with Gasteiger partial charge in [-0.05, 0) is 56.4 Å². The Morgan fingerprint density at radius 2 is 2.17 bits per heavy atom. The molecule has 0 saturated heterocycles. The van der Waals surface area contributed by atoms with Crippen molar-refractivity contribution in [2.45, 2.75) is 26.7 Å². The van der Waals surface area contributed by atoms with Crippen LogP contribution in [0, 0.1) is 12.8 Å². The number of anilines is 1. The maximum atomic E-state index is 12.2. The molecule has 0 bridgehead atoms. The second kappa shape index (κ2) is 5.42. The Labute approximate surface area is 109 Å². The molecular weight excluding hydrogens is 224 g/mol. The van der Waals surface area contributed by atoms with Gasteiger partial charge >= 0.3 is 0 Å². The van der Waals surface area contributed by atoms with Crippen molar-refractivity contribution in [3.8, 4) is 0 Å². The van der Waals surface area contributed by atoms with Crippen LogP contribution < -0.4 is 5.32 Å². The van der Waals surface area contributed by atoms with Crippen LogP contribution in [0.3, 0.4) is 0 Å². The molecule has 0 radical (unpaired) electrons. The molecule has 1 fully saturated rings. The lowest BCUT2D eigenvalue weighted by Gasteiger charge is -2.17. The zero-order chi connectivity index (χ0) is 13.1. The predicted molar refractivity (Wildman–Crippen MR) is 75.0 cm³/mol. The van der Waals surface area contributed by atoms with E-state index in [1.807, 2.05) is 37.1 Å². The van der Waals surface area contributed by atoms with Gasteiger partial charge in [0.1, 0.15) is 0 Å². The van der Waals surface area contributed by atoms with E-state index in [9.17, 15) is 4.79 Å². The summed E-state index contributed by atoms with van der Waals surface area (Å²) in [5.41, 5.74) is 3.03. The molecule has 1 amide bonds. The third-order valence-corrected chi connectivity index (χ3v) is 3.42. The highest BCUT2D eigenvalue weighted by atomic mass is 16.2. The smallest absolute Gasteiger partial charge is 0.253 e. The molecule has 1 aromatic rings. The molecule has 18 heavy (non-hydrogen) atoms. The van der Waals surface area contributed by atoms with Crippen molar-refractivity contribution in [1.29, 1.82) is 0 Å². The van der Waals surface area contributed by atoms with E-state index >= 15 is 0 Å². The number of rotatable bonds is 5. The highest BCUT2D eigenvalue weighted by molar-refractivity contribution is 5.94. The van der Waals surface area contributed by atoms with Gasteiger partial charge in [-0.25, -0.2) is 0 Å². The first-order valence-electron chi connectivity index (χ1n) is 6.71. The van der Waals surface area contributed by atoms with Gasteiger partial charge in [0, 0.05) is 31.4 Å². The fourth-order valence-corrected chi connectivity index (χ4v) is 2.18. The summed E-state index contributed by atoms with van der Waals surface area (Å²) in [6.07, 6.45) is 2.55. The summed E-state index contributed by atoms with van der Waals surface area (Å²) in [5.74, 6) is 0.870. The number of benzene rings is 1. The minimum Gasteiger partial charge on any atom is -0.385 e. The van der Waals surface area contributed by atoms with Crippen molar-refractivity contribution in [2.24, 2.45) is 5.92 Å². The summed E-state index contributed by atoms with van der Waals surface area (Å²) in [6, 6.07) is 5.89. The van der Waals surface area contributed by atoms with Crippen molar-refractivity contribution in [3.05, 3.63) is 29.3 Å². The topological polar surface area (TPSA) is 32.3 Å². The highest BCUT2D eigenvalue weighted by Gasteiger charge is 2.25. The Morgan fingerprint density at radius 1 is 1.44 bits per heavy atom. The Bertz CT molecular complexity index is 438. The van der Waals surface area contributed by atoms with Crippen molar-refractivity contribution < 1.29 is 4.79 Å². The second-order valence-corrected chi connectivity index (χ2v) is 5.19. The summed E-state index contributed by atoms with van der Waals surface area (Å²) < 4.78 is 0. The third kappa shape index (κ3) is 3.03. The summed E-state index contributed by atoms with van der Waals surface area (Å²) >= 11 is 0. The zero-order valence-corrected chi connectivity index (χ0v) is 11.5. The van der Waals surface area contributed by atoms with Gasteiger partial charge in [-0.2, -0.15) is 0 Å². The molecule has 0 spiro atoms. The fraction of sp³-hybridized carbons (Fsp3) is 0.533.